The Morgan fingerprint density at radius 1 is 1.50 bits per heavy atom. The summed E-state index contributed by atoms with van der Waals surface area (Å²) in [5.74, 6) is 0.0590. The highest BCUT2D eigenvalue weighted by atomic mass is 16.2. The molecular formula is C9H20N2O. The van der Waals surface area contributed by atoms with E-state index >= 15 is 0 Å². The van der Waals surface area contributed by atoms with E-state index in [0.29, 0.717) is 0 Å². The summed E-state index contributed by atoms with van der Waals surface area (Å²) in [6.45, 7) is 8.24. The van der Waals surface area contributed by atoms with Crippen molar-refractivity contribution in [2.75, 3.05) is 6.54 Å². The summed E-state index contributed by atoms with van der Waals surface area (Å²) >= 11 is 0. The van der Waals surface area contributed by atoms with E-state index in [4.69, 9.17) is 5.73 Å². The summed E-state index contributed by atoms with van der Waals surface area (Å²) in [7, 11) is 0. The molecule has 0 aromatic carbocycles. The van der Waals surface area contributed by atoms with Crippen molar-refractivity contribution in [3.8, 4) is 0 Å². The van der Waals surface area contributed by atoms with Gasteiger partial charge in [-0.05, 0) is 19.8 Å². The van der Waals surface area contributed by atoms with Crippen LogP contribution >= 0.6 is 0 Å². The summed E-state index contributed by atoms with van der Waals surface area (Å²) in [6.07, 6.45) is 1.74. The molecule has 0 fully saturated rings. The summed E-state index contributed by atoms with van der Waals surface area (Å²) in [5, 5.41) is 0. The van der Waals surface area contributed by atoms with Gasteiger partial charge in [-0.3, -0.25) is 4.79 Å². The Morgan fingerprint density at radius 3 is 2.25 bits per heavy atom. The molecule has 3 nitrogen and oxygen atoms in total. The molecule has 0 aliphatic rings. The second kappa shape index (κ2) is 4.45. The number of hydrogen-bond acceptors (Lipinski definition) is 2. The second-order valence-electron chi connectivity index (χ2n) is 3.38. The van der Waals surface area contributed by atoms with Crippen LogP contribution in [0.25, 0.3) is 0 Å². The Labute approximate surface area is 74.9 Å². The van der Waals surface area contributed by atoms with Gasteiger partial charge in [0.25, 0.3) is 0 Å². The summed E-state index contributed by atoms with van der Waals surface area (Å²) in [6, 6.07) is 0. The molecule has 3 heteroatoms. The Morgan fingerprint density at radius 2 is 2.00 bits per heavy atom. The first-order valence-corrected chi connectivity index (χ1v) is 4.52. The molecule has 1 amide bonds. The Bertz CT molecular complexity index is 155. The molecule has 0 saturated heterocycles. The van der Waals surface area contributed by atoms with Crippen molar-refractivity contribution in [1.29, 1.82) is 0 Å². The zero-order valence-electron chi connectivity index (χ0n) is 8.55. The van der Waals surface area contributed by atoms with Gasteiger partial charge in [-0.2, -0.15) is 0 Å². The molecule has 1 atom stereocenters. The highest BCUT2D eigenvalue weighted by Gasteiger charge is 2.26. The molecule has 1 unspecified atom stereocenters. The molecule has 0 aromatic rings. The van der Waals surface area contributed by atoms with Crippen molar-refractivity contribution in [3.63, 3.8) is 0 Å². The van der Waals surface area contributed by atoms with E-state index in [1.165, 1.54) is 0 Å². The molecule has 0 aliphatic heterocycles. The first-order valence-electron chi connectivity index (χ1n) is 4.52. The lowest BCUT2D eigenvalue weighted by atomic mass is 10.1. The lowest BCUT2D eigenvalue weighted by Crippen LogP contribution is -2.55. The molecule has 12 heavy (non-hydrogen) atoms. The van der Waals surface area contributed by atoms with Gasteiger partial charge < -0.3 is 10.6 Å². The van der Waals surface area contributed by atoms with Gasteiger partial charge in [0, 0.05) is 13.5 Å². The third-order valence-electron chi connectivity index (χ3n) is 2.16. The van der Waals surface area contributed by atoms with Gasteiger partial charge in [0.05, 0.1) is 5.66 Å². The molecule has 0 radical (unpaired) electrons. The summed E-state index contributed by atoms with van der Waals surface area (Å²) in [5.41, 5.74) is 5.47. The number of carbonyl (C=O) groups is 1. The zero-order valence-corrected chi connectivity index (χ0v) is 8.55. The van der Waals surface area contributed by atoms with E-state index in [-0.39, 0.29) is 5.91 Å². The van der Waals surface area contributed by atoms with Gasteiger partial charge in [0.1, 0.15) is 0 Å². The fourth-order valence-electron chi connectivity index (χ4n) is 1.19. The van der Waals surface area contributed by atoms with E-state index in [0.717, 1.165) is 19.4 Å². The first-order chi connectivity index (χ1) is 5.45. The van der Waals surface area contributed by atoms with Crippen molar-refractivity contribution in [2.45, 2.75) is 46.2 Å². The largest absolute Gasteiger partial charge is 0.325 e. The lowest BCUT2D eigenvalue weighted by molar-refractivity contribution is -0.134. The molecule has 0 rings (SSSR count). The predicted molar refractivity (Wildman–Crippen MR) is 50.6 cm³/mol. The van der Waals surface area contributed by atoms with E-state index in [2.05, 4.69) is 0 Å². The van der Waals surface area contributed by atoms with E-state index in [1.54, 1.807) is 11.8 Å². The first kappa shape index (κ1) is 11.4. The molecule has 0 saturated carbocycles. The van der Waals surface area contributed by atoms with Crippen LogP contribution in [-0.2, 0) is 4.79 Å². The molecular weight excluding hydrogens is 152 g/mol. The molecule has 0 aromatic heterocycles. The SMILES string of the molecule is CCCN(C(C)=O)C(C)(N)CC. The minimum atomic E-state index is -0.484. The minimum Gasteiger partial charge on any atom is -0.325 e. The lowest BCUT2D eigenvalue weighted by Gasteiger charge is -2.36. The smallest absolute Gasteiger partial charge is 0.220 e. The van der Waals surface area contributed by atoms with Crippen LogP contribution in [0.3, 0.4) is 0 Å². The quantitative estimate of drug-likeness (QED) is 0.650. The normalized spacial score (nSPS) is 15.4. The van der Waals surface area contributed by atoms with E-state index < -0.39 is 5.66 Å². The van der Waals surface area contributed by atoms with Gasteiger partial charge in [0.2, 0.25) is 5.91 Å². The Kier molecular flexibility index (Phi) is 4.24. The zero-order chi connectivity index (χ0) is 9.78. The van der Waals surface area contributed by atoms with Crippen molar-refractivity contribution < 1.29 is 4.79 Å². The van der Waals surface area contributed by atoms with Crippen molar-refractivity contribution in [2.24, 2.45) is 5.73 Å². The van der Waals surface area contributed by atoms with Crippen LogP contribution in [0, 0.1) is 0 Å². The van der Waals surface area contributed by atoms with Crippen molar-refractivity contribution >= 4 is 5.91 Å². The highest BCUT2D eigenvalue weighted by molar-refractivity contribution is 5.74. The maximum absolute atomic E-state index is 11.2. The Hall–Kier alpha value is -0.570. The average Bonchev–Trinajstić information content (AvgIpc) is 1.99. The van der Waals surface area contributed by atoms with Crippen molar-refractivity contribution in [1.82, 2.24) is 4.90 Å². The third-order valence-corrected chi connectivity index (χ3v) is 2.16. The maximum Gasteiger partial charge on any atom is 0.220 e. The molecule has 72 valence electrons. The number of nitrogens with zero attached hydrogens (tertiary/aromatic N) is 1. The minimum absolute atomic E-state index is 0.0590. The number of carbonyl (C=O) groups excluding carboxylic acids is 1. The predicted octanol–water partition coefficient (Wildman–Crippen LogP) is 1.33. The summed E-state index contributed by atoms with van der Waals surface area (Å²) < 4.78 is 0. The molecule has 2 N–H and O–H groups in total. The van der Waals surface area contributed by atoms with Crippen LogP contribution in [0.2, 0.25) is 0 Å². The molecule has 0 aliphatic carbocycles. The molecule has 0 spiro atoms. The number of rotatable bonds is 4. The summed E-state index contributed by atoms with van der Waals surface area (Å²) in [4.78, 5) is 12.9. The van der Waals surface area contributed by atoms with Crippen LogP contribution in [0.4, 0.5) is 0 Å². The van der Waals surface area contributed by atoms with E-state index in [9.17, 15) is 4.79 Å². The van der Waals surface area contributed by atoms with Gasteiger partial charge in [-0.1, -0.05) is 13.8 Å². The average molecular weight is 172 g/mol. The number of nitrogens with two attached hydrogens (primary N) is 1. The van der Waals surface area contributed by atoms with Gasteiger partial charge in [0.15, 0.2) is 0 Å². The Balaban J connectivity index is 4.38. The van der Waals surface area contributed by atoms with Crippen LogP contribution < -0.4 is 5.73 Å². The van der Waals surface area contributed by atoms with Crippen LogP contribution in [0.5, 0.6) is 0 Å². The van der Waals surface area contributed by atoms with Gasteiger partial charge in [-0.25, -0.2) is 0 Å². The van der Waals surface area contributed by atoms with E-state index in [1.807, 2.05) is 20.8 Å². The monoisotopic (exact) mass is 172 g/mol. The van der Waals surface area contributed by atoms with Crippen LogP contribution in [-0.4, -0.2) is 23.0 Å². The standard InChI is InChI=1S/C9H20N2O/c1-5-7-11(8(3)12)9(4,10)6-2/h5-7,10H2,1-4H3. The number of hydrogen-bond donors (Lipinski definition) is 1. The molecule has 0 bridgehead atoms. The van der Waals surface area contributed by atoms with Gasteiger partial charge >= 0.3 is 0 Å². The second-order valence-corrected chi connectivity index (χ2v) is 3.38. The van der Waals surface area contributed by atoms with Crippen molar-refractivity contribution in [3.05, 3.63) is 0 Å². The van der Waals surface area contributed by atoms with Crippen LogP contribution in [0.15, 0.2) is 0 Å². The third kappa shape index (κ3) is 2.81. The highest BCUT2D eigenvalue weighted by Crippen LogP contribution is 2.12. The maximum atomic E-state index is 11.2. The fraction of sp³-hybridized carbons (Fsp3) is 0.889. The fourth-order valence-corrected chi connectivity index (χ4v) is 1.19. The van der Waals surface area contributed by atoms with Crippen LogP contribution in [0.1, 0.15) is 40.5 Å². The number of amides is 1. The molecule has 0 heterocycles. The van der Waals surface area contributed by atoms with Gasteiger partial charge in [-0.15, -0.1) is 0 Å². The topological polar surface area (TPSA) is 46.3 Å².